The molecule has 0 radical (unpaired) electrons. The van der Waals surface area contributed by atoms with Gasteiger partial charge >= 0.3 is 0 Å². The van der Waals surface area contributed by atoms with Crippen LogP contribution >= 0.6 is 0 Å². The average molecular weight is 283 g/mol. The molecule has 5 nitrogen and oxygen atoms in total. The summed E-state index contributed by atoms with van der Waals surface area (Å²) < 4.78 is 26.1. The molecule has 0 bridgehead atoms. The van der Waals surface area contributed by atoms with Gasteiger partial charge in [0.25, 0.3) is 10.0 Å². The van der Waals surface area contributed by atoms with Crippen molar-refractivity contribution in [3.8, 4) is 0 Å². The maximum atomic E-state index is 12.4. The molecule has 0 unspecified atom stereocenters. The first-order valence-corrected chi connectivity index (χ1v) is 8.09. The van der Waals surface area contributed by atoms with Crippen LogP contribution in [0.2, 0.25) is 0 Å². The van der Waals surface area contributed by atoms with Gasteiger partial charge in [-0.1, -0.05) is 18.9 Å². The first-order valence-electron chi connectivity index (χ1n) is 6.65. The molecule has 1 aliphatic carbocycles. The first kappa shape index (κ1) is 14.4. The Morgan fingerprint density at radius 2 is 2.05 bits per heavy atom. The minimum atomic E-state index is -3.47. The third-order valence-corrected chi connectivity index (χ3v) is 5.44. The molecular weight excluding hydrogens is 262 g/mol. The molecule has 2 N–H and O–H groups in total. The highest BCUT2D eigenvalue weighted by Gasteiger charge is 2.26. The number of hydrogen-bond donors (Lipinski definition) is 1. The van der Waals surface area contributed by atoms with Gasteiger partial charge < -0.3 is 5.73 Å². The SMILES string of the molecule is CN(CC1CCCC1)S(=O)(=O)c1ccc(CN)cn1. The van der Waals surface area contributed by atoms with Crippen molar-refractivity contribution in [2.75, 3.05) is 13.6 Å². The second-order valence-electron chi connectivity index (χ2n) is 5.14. The molecule has 6 heteroatoms. The van der Waals surface area contributed by atoms with Gasteiger partial charge in [-0.25, -0.2) is 13.4 Å². The fraction of sp³-hybridized carbons (Fsp3) is 0.615. The van der Waals surface area contributed by atoms with Crippen molar-refractivity contribution >= 4 is 10.0 Å². The lowest BCUT2D eigenvalue weighted by Gasteiger charge is -2.20. The van der Waals surface area contributed by atoms with E-state index in [1.54, 1.807) is 13.1 Å². The highest BCUT2D eigenvalue weighted by atomic mass is 32.2. The molecular formula is C13H21N3O2S. The average Bonchev–Trinajstić information content (AvgIpc) is 2.91. The van der Waals surface area contributed by atoms with E-state index >= 15 is 0 Å². The Bertz CT molecular complexity index is 507. The number of sulfonamides is 1. The summed E-state index contributed by atoms with van der Waals surface area (Å²) >= 11 is 0. The first-order chi connectivity index (χ1) is 9.04. The predicted molar refractivity (Wildman–Crippen MR) is 73.9 cm³/mol. The second-order valence-corrected chi connectivity index (χ2v) is 7.14. The molecule has 0 aliphatic heterocycles. The van der Waals surface area contributed by atoms with Gasteiger partial charge in [0.15, 0.2) is 5.03 Å². The van der Waals surface area contributed by atoms with Crippen molar-refractivity contribution in [3.63, 3.8) is 0 Å². The zero-order valence-electron chi connectivity index (χ0n) is 11.2. The summed E-state index contributed by atoms with van der Waals surface area (Å²) in [5.41, 5.74) is 6.31. The van der Waals surface area contributed by atoms with Crippen LogP contribution in [0.5, 0.6) is 0 Å². The molecule has 19 heavy (non-hydrogen) atoms. The van der Waals surface area contributed by atoms with Gasteiger partial charge in [0, 0.05) is 26.3 Å². The molecule has 1 aromatic heterocycles. The smallest absolute Gasteiger partial charge is 0.260 e. The number of nitrogens with two attached hydrogens (primary N) is 1. The van der Waals surface area contributed by atoms with Gasteiger partial charge in [0.05, 0.1) is 0 Å². The standard InChI is InChI=1S/C13H21N3O2S/c1-16(10-11-4-2-3-5-11)19(17,18)13-7-6-12(8-14)9-15-13/h6-7,9,11H,2-5,8,10,14H2,1H3. The molecule has 1 aromatic rings. The Labute approximate surface area is 114 Å². The lowest BCUT2D eigenvalue weighted by atomic mass is 10.1. The summed E-state index contributed by atoms with van der Waals surface area (Å²) in [4.78, 5) is 4.01. The Morgan fingerprint density at radius 3 is 2.58 bits per heavy atom. The lowest BCUT2D eigenvalue weighted by molar-refractivity contribution is 0.386. The maximum Gasteiger partial charge on any atom is 0.260 e. The zero-order valence-corrected chi connectivity index (χ0v) is 12.1. The monoisotopic (exact) mass is 283 g/mol. The Kier molecular flexibility index (Phi) is 4.54. The van der Waals surface area contributed by atoms with Crippen LogP contribution in [0.15, 0.2) is 23.4 Å². The molecule has 1 aliphatic rings. The summed E-state index contributed by atoms with van der Waals surface area (Å²) in [5, 5.41) is 0.102. The Morgan fingerprint density at radius 1 is 1.37 bits per heavy atom. The van der Waals surface area contributed by atoms with Gasteiger partial charge in [0.2, 0.25) is 0 Å². The maximum absolute atomic E-state index is 12.4. The normalized spacial score (nSPS) is 17.2. The van der Waals surface area contributed by atoms with E-state index < -0.39 is 10.0 Å². The molecule has 2 rings (SSSR count). The zero-order chi connectivity index (χ0) is 13.9. The summed E-state index contributed by atoms with van der Waals surface area (Å²) in [6.45, 7) is 0.952. The quantitative estimate of drug-likeness (QED) is 0.885. The van der Waals surface area contributed by atoms with E-state index in [1.807, 2.05) is 0 Å². The Hall–Kier alpha value is -0.980. The van der Waals surface area contributed by atoms with E-state index in [2.05, 4.69) is 4.98 Å². The molecule has 0 saturated heterocycles. The minimum Gasteiger partial charge on any atom is -0.326 e. The van der Waals surface area contributed by atoms with Crippen LogP contribution in [-0.4, -0.2) is 31.3 Å². The number of aromatic nitrogens is 1. The molecule has 106 valence electrons. The van der Waals surface area contributed by atoms with Crippen LogP contribution in [0.25, 0.3) is 0 Å². The topological polar surface area (TPSA) is 76.3 Å². The molecule has 0 spiro atoms. The molecule has 0 atom stereocenters. The summed E-state index contributed by atoms with van der Waals surface area (Å²) in [6, 6.07) is 3.24. The van der Waals surface area contributed by atoms with Crippen LogP contribution < -0.4 is 5.73 Å². The van der Waals surface area contributed by atoms with Gasteiger partial charge in [-0.3, -0.25) is 0 Å². The summed E-state index contributed by atoms with van der Waals surface area (Å²) in [6.07, 6.45) is 6.19. The summed E-state index contributed by atoms with van der Waals surface area (Å²) in [5.74, 6) is 0.489. The van der Waals surface area contributed by atoms with E-state index in [4.69, 9.17) is 5.73 Å². The molecule has 1 saturated carbocycles. The van der Waals surface area contributed by atoms with E-state index in [-0.39, 0.29) is 5.03 Å². The van der Waals surface area contributed by atoms with Crippen LogP contribution in [0, 0.1) is 5.92 Å². The van der Waals surface area contributed by atoms with Crippen molar-refractivity contribution in [3.05, 3.63) is 23.9 Å². The van der Waals surface area contributed by atoms with Crippen molar-refractivity contribution in [1.29, 1.82) is 0 Å². The largest absolute Gasteiger partial charge is 0.326 e. The molecule has 0 aromatic carbocycles. The number of pyridine rings is 1. The van der Waals surface area contributed by atoms with Crippen LogP contribution in [0.4, 0.5) is 0 Å². The van der Waals surface area contributed by atoms with Gasteiger partial charge in [-0.05, 0) is 30.4 Å². The Balaban J connectivity index is 2.10. The van der Waals surface area contributed by atoms with Crippen LogP contribution in [0.1, 0.15) is 31.2 Å². The third-order valence-electron chi connectivity index (χ3n) is 3.70. The van der Waals surface area contributed by atoms with Crippen molar-refractivity contribution in [2.24, 2.45) is 11.7 Å². The van der Waals surface area contributed by atoms with Crippen LogP contribution in [0.3, 0.4) is 0 Å². The van der Waals surface area contributed by atoms with Crippen molar-refractivity contribution < 1.29 is 8.42 Å². The van der Waals surface area contributed by atoms with E-state index in [0.717, 1.165) is 18.4 Å². The van der Waals surface area contributed by atoms with Crippen molar-refractivity contribution in [2.45, 2.75) is 37.3 Å². The van der Waals surface area contributed by atoms with Gasteiger partial charge in [-0.2, -0.15) is 4.31 Å². The minimum absolute atomic E-state index is 0.102. The van der Waals surface area contributed by atoms with E-state index in [0.29, 0.717) is 19.0 Å². The fourth-order valence-electron chi connectivity index (χ4n) is 2.50. The van der Waals surface area contributed by atoms with Gasteiger partial charge in [-0.15, -0.1) is 0 Å². The lowest BCUT2D eigenvalue weighted by Crippen LogP contribution is -2.31. The predicted octanol–water partition coefficient (Wildman–Crippen LogP) is 1.35. The van der Waals surface area contributed by atoms with E-state index in [1.165, 1.54) is 29.4 Å². The number of rotatable bonds is 5. The van der Waals surface area contributed by atoms with E-state index in [9.17, 15) is 8.42 Å². The number of hydrogen-bond acceptors (Lipinski definition) is 4. The highest BCUT2D eigenvalue weighted by molar-refractivity contribution is 7.89. The highest BCUT2D eigenvalue weighted by Crippen LogP contribution is 2.26. The second kappa shape index (κ2) is 5.98. The molecule has 0 amide bonds. The molecule has 1 heterocycles. The summed E-state index contributed by atoms with van der Waals surface area (Å²) in [7, 11) is -1.84. The fourth-order valence-corrected chi connectivity index (χ4v) is 3.65. The van der Waals surface area contributed by atoms with Crippen LogP contribution in [-0.2, 0) is 16.6 Å². The number of nitrogens with zero attached hydrogens (tertiary/aromatic N) is 2. The van der Waals surface area contributed by atoms with Gasteiger partial charge in [0.1, 0.15) is 0 Å². The molecule has 1 fully saturated rings. The van der Waals surface area contributed by atoms with Crippen molar-refractivity contribution in [1.82, 2.24) is 9.29 Å². The third kappa shape index (κ3) is 3.32.